The minimum absolute atomic E-state index is 0.0528. The van der Waals surface area contributed by atoms with Gasteiger partial charge in [-0.25, -0.2) is 8.42 Å². The molecule has 0 heterocycles. The largest absolute Gasteiger partial charge is 0.322 e. The summed E-state index contributed by atoms with van der Waals surface area (Å²) in [7, 11) is -3.85. The zero-order valence-electron chi connectivity index (χ0n) is 18.1. The summed E-state index contributed by atoms with van der Waals surface area (Å²) in [6, 6.07) is 21.5. The fourth-order valence-electron chi connectivity index (χ4n) is 3.20. The maximum absolute atomic E-state index is 13.4. The minimum atomic E-state index is -3.85. The van der Waals surface area contributed by atoms with E-state index >= 15 is 0 Å². The van der Waals surface area contributed by atoms with E-state index in [9.17, 15) is 18.0 Å². The lowest BCUT2D eigenvalue weighted by Crippen LogP contribution is -2.32. The van der Waals surface area contributed by atoms with Gasteiger partial charge < -0.3 is 5.32 Å². The molecule has 0 unspecified atom stereocenters. The molecular formula is C25H26N2O4S. The van der Waals surface area contributed by atoms with Gasteiger partial charge in [0.2, 0.25) is 0 Å². The summed E-state index contributed by atoms with van der Waals surface area (Å²) in [5.74, 6) is -0.496. The molecular weight excluding hydrogens is 424 g/mol. The number of Topliss-reactive ketones (excluding diaryl/α,β-unsaturated/α-hetero) is 1. The fraction of sp³-hybridized carbons (Fsp3) is 0.200. The summed E-state index contributed by atoms with van der Waals surface area (Å²) in [4.78, 5) is 24.2. The van der Waals surface area contributed by atoms with E-state index in [4.69, 9.17) is 0 Å². The molecule has 3 aromatic carbocycles. The Labute approximate surface area is 188 Å². The van der Waals surface area contributed by atoms with Crippen LogP contribution in [0.2, 0.25) is 0 Å². The van der Waals surface area contributed by atoms with Crippen LogP contribution in [0.4, 0.5) is 11.4 Å². The molecule has 0 bridgehead atoms. The number of carbonyl (C=O) groups excluding carboxylic acids is 2. The number of amides is 1. The second kappa shape index (κ2) is 10.2. The normalized spacial score (nSPS) is 11.1. The SMILES string of the molecule is CCCCN(c1ccccc1)S(=O)(=O)c1cccc(C(=O)Nc2ccc(C(C)=O)cc2)c1. The molecule has 0 spiro atoms. The first-order valence-corrected chi connectivity index (χ1v) is 11.9. The lowest BCUT2D eigenvalue weighted by Gasteiger charge is -2.24. The van der Waals surface area contributed by atoms with Gasteiger partial charge >= 0.3 is 0 Å². The number of anilines is 2. The zero-order valence-corrected chi connectivity index (χ0v) is 18.9. The van der Waals surface area contributed by atoms with Gasteiger partial charge in [0.1, 0.15) is 0 Å². The minimum Gasteiger partial charge on any atom is -0.322 e. The third-order valence-electron chi connectivity index (χ3n) is 4.99. The van der Waals surface area contributed by atoms with Gasteiger partial charge in [-0.2, -0.15) is 0 Å². The van der Waals surface area contributed by atoms with E-state index in [2.05, 4.69) is 5.32 Å². The zero-order chi connectivity index (χ0) is 23.1. The Bertz CT molecular complexity index is 1190. The van der Waals surface area contributed by atoms with E-state index in [0.717, 1.165) is 6.42 Å². The van der Waals surface area contributed by atoms with Gasteiger partial charge in [-0.05, 0) is 67.9 Å². The van der Waals surface area contributed by atoms with Gasteiger partial charge in [0.05, 0.1) is 10.6 Å². The first-order chi connectivity index (χ1) is 15.3. The van der Waals surface area contributed by atoms with Crippen molar-refractivity contribution >= 4 is 33.1 Å². The van der Waals surface area contributed by atoms with Crippen molar-refractivity contribution in [2.24, 2.45) is 0 Å². The number of hydrogen-bond acceptors (Lipinski definition) is 4. The molecule has 0 saturated heterocycles. The second-order valence-corrected chi connectivity index (χ2v) is 9.24. The van der Waals surface area contributed by atoms with Gasteiger partial charge in [0.25, 0.3) is 15.9 Å². The first-order valence-electron chi connectivity index (χ1n) is 10.4. The molecule has 1 N–H and O–H groups in total. The third-order valence-corrected chi connectivity index (χ3v) is 6.82. The number of para-hydroxylation sites is 1. The number of nitrogens with one attached hydrogen (secondary N) is 1. The molecule has 0 atom stereocenters. The van der Waals surface area contributed by atoms with Crippen LogP contribution < -0.4 is 9.62 Å². The van der Waals surface area contributed by atoms with E-state index in [0.29, 0.717) is 29.9 Å². The van der Waals surface area contributed by atoms with Crippen molar-refractivity contribution in [3.63, 3.8) is 0 Å². The summed E-state index contributed by atoms with van der Waals surface area (Å²) in [5, 5.41) is 2.74. The van der Waals surface area contributed by atoms with Crippen molar-refractivity contribution in [2.75, 3.05) is 16.2 Å². The van der Waals surface area contributed by atoms with Gasteiger partial charge in [-0.3, -0.25) is 13.9 Å². The average Bonchev–Trinajstić information content (AvgIpc) is 2.80. The molecule has 0 aliphatic rings. The summed E-state index contributed by atoms with van der Waals surface area (Å²) >= 11 is 0. The van der Waals surface area contributed by atoms with Crippen LogP contribution in [0.1, 0.15) is 47.4 Å². The molecule has 166 valence electrons. The van der Waals surface area contributed by atoms with Crippen LogP contribution >= 0.6 is 0 Å². The summed E-state index contributed by atoms with van der Waals surface area (Å²) in [6.07, 6.45) is 1.56. The number of sulfonamides is 1. The maximum atomic E-state index is 13.4. The molecule has 6 nitrogen and oxygen atoms in total. The number of nitrogens with zero attached hydrogens (tertiary/aromatic N) is 1. The first kappa shape index (κ1) is 23.2. The number of unbranched alkanes of at least 4 members (excludes halogenated alkanes) is 1. The van der Waals surface area contributed by atoms with Crippen molar-refractivity contribution in [1.82, 2.24) is 0 Å². The monoisotopic (exact) mass is 450 g/mol. The van der Waals surface area contributed by atoms with E-state index in [1.807, 2.05) is 13.0 Å². The fourth-order valence-corrected chi connectivity index (χ4v) is 4.75. The Balaban J connectivity index is 1.87. The number of benzene rings is 3. The summed E-state index contributed by atoms with van der Waals surface area (Å²) < 4.78 is 28.3. The van der Waals surface area contributed by atoms with Crippen LogP contribution in [0.15, 0.2) is 83.8 Å². The lowest BCUT2D eigenvalue weighted by atomic mass is 10.1. The van der Waals surface area contributed by atoms with Crippen LogP contribution in [0, 0.1) is 0 Å². The average molecular weight is 451 g/mol. The van der Waals surface area contributed by atoms with Crippen molar-refractivity contribution in [3.8, 4) is 0 Å². The van der Waals surface area contributed by atoms with E-state index in [-0.39, 0.29) is 16.2 Å². The standard InChI is InChI=1S/C25H26N2O4S/c1-3-4-17-27(23-10-6-5-7-11-23)32(30,31)24-12-8-9-21(18-24)25(29)26-22-15-13-20(14-16-22)19(2)28/h5-16,18H,3-4,17H2,1-2H3,(H,26,29). The molecule has 0 saturated carbocycles. The lowest BCUT2D eigenvalue weighted by molar-refractivity contribution is 0.101. The number of ketones is 1. The van der Waals surface area contributed by atoms with Gasteiger partial charge in [-0.15, -0.1) is 0 Å². The quantitative estimate of drug-likeness (QED) is 0.458. The third kappa shape index (κ3) is 5.42. The highest BCUT2D eigenvalue weighted by Gasteiger charge is 2.25. The summed E-state index contributed by atoms with van der Waals surface area (Å²) in [6.45, 7) is 3.82. The maximum Gasteiger partial charge on any atom is 0.264 e. The highest BCUT2D eigenvalue weighted by molar-refractivity contribution is 7.92. The van der Waals surface area contributed by atoms with Crippen molar-refractivity contribution in [3.05, 3.63) is 90.0 Å². The van der Waals surface area contributed by atoms with Gasteiger partial charge in [0.15, 0.2) is 5.78 Å². The predicted octanol–water partition coefficient (Wildman–Crippen LogP) is 5.14. The van der Waals surface area contributed by atoms with E-state index in [1.165, 1.54) is 23.4 Å². The van der Waals surface area contributed by atoms with Crippen LogP contribution in [0.25, 0.3) is 0 Å². The number of carbonyl (C=O) groups is 2. The van der Waals surface area contributed by atoms with E-state index in [1.54, 1.807) is 60.7 Å². The van der Waals surface area contributed by atoms with Crippen molar-refractivity contribution in [2.45, 2.75) is 31.6 Å². The van der Waals surface area contributed by atoms with E-state index < -0.39 is 15.9 Å². The van der Waals surface area contributed by atoms with Crippen LogP contribution in [-0.4, -0.2) is 26.7 Å². The predicted molar refractivity (Wildman–Crippen MR) is 127 cm³/mol. The molecule has 1 amide bonds. The highest BCUT2D eigenvalue weighted by Crippen LogP contribution is 2.25. The van der Waals surface area contributed by atoms with Crippen LogP contribution in [0.5, 0.6) is 0 Å². The summed E-state index contributed by atoms with van der Waals surface area (Å²) in [5.41, 5.74) is 1.87. The Morgan fingerprint density at radius 1 is 0.875 bits per heavy atom. The van der Waals surface area contributed by atoms with Crippen molar-refractivity contribution in [1.29, 1.82) is 0 Å². The number of rotatable bonds is 9. The van der Waals surface area contributed by atoms with Crippen molar-refractivity contribution < 1.29 is 18.0 Å². The molecule has 32 heavy (non-hydrogen) atoms. The Morgan fingerprint density at radius 2 is 1.56 bits per heavy atom. The second-order valence-electron chi connectivity index (χ2n) is 7.38. The Morgan fingerprint density at radius 3 is 2.19 bits per heavy atom. The molecule has 0 aliphatic carbocycles. The number of hydrogen-bond donors (Lipinski definition) is 1. The Hall–Kier alpha value is -3.45. The molecule has 0 aliphatic heterocycles. The molecule has 0 aromatic heterocycles. The molecule has 3 rings (SSSR count). The molecule has 7 heteroatoms. The van der Waals surface area contributed by atoms with Gasteiger partial charge in [0, 0.05) is 23.4 Å². The molecule has 0 fully saturated rings. The smallest absolute Gasteiger partial charge is 0.264 e. The highest BCUT2D eigenvalue weighted by atomic mass is 32.2. The Kier molecular flexibility index (Phi) is 7.43. The van der Waals surface area contributed by atoms with Crippen LogP contribution in [-0.2, 0) is 10.0 Å². The van der Waals surface area contributed by atoms with Crippen LogP contribution in [0.3, 0.4) is 0 Å². The topological polar surface area (TPSA) is 83.6 Å². The molecule has 0 radical (unpaired) electrons. The molecule has 3 aromatic rings. The van der Waals surface area contributed by atoms with Gasteiger partial charge in [-0.1, -0.05) is 37.6 Å².